The number of allylic oxidation sites excluding steroid dienone is 2. The molecule has 21 heavy (non-hydrogen) atoms. The Morgan fingerprint density at radius 1 is 0.952 bits per heavy atom. The standard InChI is InChI=1S/C18H17NO2/c1-9-4-2-3-5-14(9)19-17(20)15-10-6-7-11(13-8-12(10)13)16(15)18(19)21/h2-7,10-13,15-16H,8H2,1H3/t10-,11-,12-,13-,15+,16+/m1/s1. The fraction of sp³-hybridized carbons (Fsp3) is 0.444. The predicted octanol–water partition coefficient (Wildman–Crippen LogP) is 2.55. The maximum Gasteiger partial charge on any atom is 0.238 e. The van der Waals surface area contributed by atoms with Gasteiger partial charge in [0.15, 0.2) is 0 Å². The number of amides is 2. The highest BCUT2D eigenvalue weighted by Crippen LogP contribution is 2.65. The van der Waals surface area contributed by atoms with Gasteiger partial charge in [-0.2, -0.15) is 0 Å². The first kappa shape index (κ1) is 11.7. The minimum Gasteiger partial charge on any atom is -0.274 e. The van der Waals surface area contributed by atoms with E-state index >= 15 is 0 Å². The van der Waals surface area contributed by atoms with Gasteiger partial charge in [-0.1, -0.05) is 30.4 Å². The molecule has 4 aliphatic carbocycles. The molecule has 1 aliphatic heterocycles. The first-order chi connectivity index (χ1) is 10.2. The van der Waals surface area contributed by atoms with Crippen LogP contribution in [0.25, 0.3) is 0 Å². The van der Waals surface area contributed by atoms with Gasteiger partial charge in [-0.15, -0.1) is 0 Å². The second kappa shape index (κ2) is 3.65. The van der Waals surface area contributed by atoms with E-state index in [1.54, 1.807) is 0 Å². The third-order valence-corrected chi connectivity index (χ3v) is 6.02. The normalized spacial score (nSPS) is 42.2. The van der Waals surface area contributed by atoms with Crippen LogP contribution >= 0.6 is 0 Å². The Labute approximate surface area is 123 Å². The molecule has 6 atom stereocenters. The lowest BCUT2D eigenvalue weighted by Gasteiger charge is -2.37. The molecule has 2 amide bonds. The molecule has 3 fully saturated rings. The lowest BCUT2D eigenvalue weighted by atomic mass is 9.63. The lowest BCUT2D eigenvalue weighted by molar-refractivity contribution is -0.124. The van der Waals surface area contributed by atoms with Crippen molar-refractivity contribution in [1.29, 1.82) is 0 Å². The molecule has 0 aromatic heterocycles. The molecule has 0 N–H and O–H groups in total. The lowest BCUT2D eigenvalue weighted by Crippen LogP contribution is -2.40. The van der Waals surface area contributed by atoms with Crippen molar-refractivity contribution in [3.63, 3.8) is 0 Å². The Kier molecular flexibility index (Phi) is 2.04. The molecule has 6 rings (SSSR count). The van der Waals surface area contributed by atoms with E-state index in [9.17, 15) is 9.59 Å². The van der Waals surface area contributed by atoms with Crippen LogP contribution in [-0.2, 0) is 9.59 Å². The summed E-state index contributed by atoms with van der Waals surface area (Å²) >= 11 is 0. The van der Waals surface area contributed by atoms with Crippen LogP contribution in [0.2, 0.25) is 0 Å². The van der Waals surface area contributed by atoms with Gasteiger partial charge in [-0.3, -0.25) is 9.59 Å². The molecule has 1 saturated heterocycles. The van der Waals surface area contributed by atoms with Gasteiger partial charge >= 0.3 is 0 Å². The molecule has 1 heterocycles. The smallest absolute Gasteiger partial charge is 0.238 e. The van der Waals surface area contributed by atoms with Gasteiger partial charge in [0.25, 0.3) is 0 Å². The molecule has 0 radical (unpaired) electrons. The highest BCUT2D eigenvalue weighted by Gasteiger charge is 2.67. The van der Waals surface area contributed by atoms with E-state index in [1.165, 1.54) is 11.3 Å². The molecular formula is C18H17NO2. The van der Waals surface area contributed by atoms with Crippen molar-refractivity contribution in [2.45, 2.75) is 13.3 Å². The highest BCUT2D eigenvalue weighted by atomic mass is 16.2. The summed E-state index contributed by atoms with van der Waals surface area (Å²) in [5, 5.41) is 0. The quantitative estimate of drug-likeness (QED) is 0.585. The Morgan fingerprint density at radius 3 is 2.10 bits per heavy atom. The maximum absolute atomic E-state index is 12.9. The second-order valence-corrected chi connectivity index (χ2v) is 6.95. The monoisotopic (exact) mass is 279 g/mol. The van der Waals surface area contributed by atoms with Crippen molar-refractivity contribution in [1.82, 2.24) is 0 Å². The summed E-state index contributed by atoms with van der Waals surface area (Å²) in [5.41, 5.74) is 1.76. The van der Waals surface area contributed by atoms with Crippen molar-refractivity contribution in [3.05, 3.63) is 42.0 Å². The van der Waals surface area contributed by atoms with Crippen molar-refractivity contribution >= 4 is 17.5 Å². The number of hydrogen-bond acceptors (Lipinski definition) is 2. The summed E-state index contributed by atoms with van der Waals surface area (Å²) in [5.74, 6) is 1.79. The third-order valence-electron chi connectivity index (χ3n) is 6.02. The van der Waals surface area contributed by atoms with Crippen LogP contribution in [-0.4, -0.2) is 11.8 Å². The van der Waals surface area contributed by atoms with E-state index in [4.69, 9.17) is 0 Å². The summed E-state index contributed by atoms with van der Waals surface area (Å²) in [7, 11) is 0. The number of carbonyl (C=O) groups is 2. The number of nitrogens with zero attached hydrogens (tertiary/aromatic N) is 1. The Hall–Kier alpha value is -1.90. The van der Waals surface area contributed by atoms with Gasteiger partial charge in [0.2, 0.25) is 11.8 Å². The van der Waals surface area contributed by atoms with Gasteiger partial charge in [-0.05, 0) is 48.6 Å². The summed E-state index contributed by atoms with van der Waals surface area (Å²) in [6.07, 6.45) is 5.64. The summed E-state index contributed by atoms with van der Waals surface area (Å²) in [6, 6.07) is 7.69. The summed E-state index contributed by atoms with van der Waals surface area (Å²) < 4.78 is 0. The number of imide groups is 1. The zero-order chi connectivity index (χ0) is 14.3. The average molecular weight is 279 g/mol. The molecule has 2 bridgehead atoms. The third kappa shape index (κ3) is 1.30. The minimum atomic E-state index is -0.101. The van der Waals surface area contributed by atoms with Gasteiger partial charge in [0.1, 0.15) is 0 Å². The van der Waals surface area contributed by atoms with Crippen LogP contribution in [0.4, 0.5) is 5.69 Å². The second-order valence-electron chi connectivity index (χ2n) is 6.95. The van der Waals surface area contributed by atoms with E-state index in [0.29, 0.717) is 23.7 Å². The number of para-hydroxylation sites is 1. The Bertz CT molecular complexity index is 671. The number of benzene rings is 1. The minimum absolute atomic E-state index is 0.0315. The summed E-state index contributed by atoms with van der Waals surface area (Å²) in [4.78, 5) is 27.3. The van der Waals surface area contributed by atoms with E-state index in [2.05, 4.69) is 12.2 Å². The zero-order valence-corrected chi connectivity index (χ0v) is 11.9. The van der Waals surface area contributed by atoms with Gasteiger partial charge in [0, 0.05) is 0 Å². The zero-order valence-electron chi connectivity index (χ0n) is 11.9. The van der Waals surface area contributed by atoms with Crippen LogP contribution in [0.15, 0.2) is 36.4 Å². The molecule has 1 aromatic carbocycles. The van der Waals surface area contributed by atoms with Gasteiger partial charge in [-0.25, -0.2) is 4.90 Å². The van der Waals surface area contributed by atoms with Crippen molar-refractivity contribution in [2.24, 2.45) is 35.5 Å². The predicted molar refractivity (Wildman–Crippen MR) is 78.4 cm³/mol. The SMILES string of the molecule is Cc1ccccc1N1C(=O)[C@H]2[C@@H]3C=C[C@H]([C@H]4C[C@H]34)[C@@H]2C1=O. The molecule has 0 spiro atoms. The van der Waals surface area contributed by atoms with Crippen molar-refractivity contribution in [2.75, 3.05) is 4.90 Å². The topological polar surface area (TPSA) is 37.4 Å². The van der Waals surface area contributed by atoms with Crippen LogP contribution in [0.3, 0.4) is 0 Å². The molecule has 0 unspecified atom stereocenters. The number of aryl methyl sites for hydroxylation is 1. The molecule has 5 aliphatic rings. The van der Waals surface area contributed by atoms with Crippen LogP contribution < -0.4 is 4.90 Å². The number of carbonyl (C=O) groups excluding carboxylic acids is 2. The Balaban J connectivity index is 1.62. The van der Waals surface area contributed by atoms with Crippen molar-refractivity contribution in [3.8, 4) is 0 Å². The van der Waals surface area contributed by atoms with E-state index < -0.39 is 0 Å². The van der Waals surface area contributed by atoms with Crippen LogP contribution in [0.1, 0.15) is 12.0 Å². The largest absolute Gasteiger partial charge is 0.274 e. The molecule has 3 heteroatoms. The molecule has 1 aromatic rings. The average Bonchev–Trinajstić information content (AvgIpc) is 3.26. The van der Waals surface area contributed by atoms with Gasteiger partial charge < -0.3 is 0 Å². The van der Waals surface area contributed by atoms with Gasteiger partial charge in [0.05, 0.1) is 17.5 Å². The fourth-order valence-corrected chi connectivity index (χ4v) is 5.01. The number of rotatable bonds is 1. The van der Waals surface area contributed by atoms with E-state index in [0.717, 1.165) is 11.3 Å². The molecule has 2 saturated carbocycles. The van der Waals surface area contributed by atoms with Crippen LogP contribution in [0.5, 0.6) is 0 Å². The first-order valence-electron chi connectivity index (χ1n) is 7.80. The Morgan fingerprint density at radius 2 is 1.52 bits per heavy atom. The van der Waals surface area contributed by atoms with Crippen LogP contribution in [0, 0.1) is 42.4 Å². The maximum atomic E-state index is 12.9. The number of anilines is 1. The molecular weight excluding hydrogens is 262 g/mol. The molecule has 106 valence electrons. The molecule has 3 nitrogen and oxygen atoms in total. The number of hydrogen-bond donors (Lipinski definition) is 0. The van der Waals surface area contributed by atoms with E-state index in [1.807, 2.05) is 31.2 Å². The fourth-order valence-electron chi connectivity index (χ4n) is 5.01. The van der Waals surface area contributed by atoms with Crippen molar-refractivity contribution < 1.29 is 9.59 Å². The highest BCUT2D eigenvalue weighted by molar-refractivity contribution is 6.23. The summed E-state index contributed by atoms with van der Waals surface area (Å²) in [6.45, 7) is 1.96. The first-order valence-corrected chi connectivity index (χ1v) is 7.80. The van der Waals surface area contributed by atoms with E-state index in [-0.39, 0.29) is 23.7 Å².